The van der Waals surface area contributed by atoms with Crippen molar-refractivity contribution in [3.8, 4) is 0 Å². The second-order valence-electron chi connectivity index (χ2n) is 18.7. The first-order valence-electron chi connectivity index (χ1n) is 22.5. The van der Waals surface area contributed by atoms with Crippen molar-refractivity contribution in [2.24, 2.45) is 5.41 Å². The molecule has 63 heavy (non-hydrogen) atoms. The number of carbonyl (C=O) groups is 7. The molecule has 1 unspecified atom stereocenters. The summed E-state index contributed by atoms with van der Waals surface area (Å²) in [6.07, 6.45) is 15.6. The number of ether oxygens (including phenoxy) is 3. The van der Waals surface area contributed by atoms with Crippen LogP contribution in [0.25, 0.3) is 0 Å². The number of benzene rings is 2. The van der Waals surface area contributed by atoms with Gasteiger partial charge in [-0.05, 0) is 77.3 Å². The van der Waals surface area contributed by atoms with Gasteiger partial charge in [-0.25, -0.2) is 24.2 Å². The summed E-state index contributed by atoms with van der Waals surface area (Å²) in [6, 6.07) is 8.45. The maximum Gasteiger partial charge on any atom is 0.418 e. The lowest BCUT2D eigenvalue weighted by atomic mass is 9.85. The number of aryl methyl sites for hydroxylation is 2. The van der Waals surface area contributed by atoms with Gasteiger partial charge in [-0.2, -0.15) is 0 Å². The molecule has 1 N–H and O–H groups in total. The fourth-order valence-corrected chi connectivity index (χ4v) is 7.33. The van der Waals surface area contributed by atoms with Crippen LogP contribution in [0.2, 0.25) is 5.02 Å². The number of anilines is 1. The number of imide groups is 2. The molecular formula is C49H70ClN3O10. The van der Waals surface area contributed by atoms with E-state index in [1.807, 2.05) is 32.0 Å². The van der Waals surface area contributed by atoms with Gasteiger partial charge in [-0.3, -0.25) is 19.2 Å². The van der Waals surface area contributed by atoms with Gasteiger partial charge in [0.1, 0.15) is 0 Å². The van der Waals surface area contributed by atoms with Crippen LogP contribution in [0, 0.1) is 19.3 Å². The molecule has 348 valence electrons. The van der Waals surface area contributed by atoms with E-state index in [1.165, 1.54) is 108 Å². The van der Waals surface area contributed by atoms with E-state index in [9.17, 15) is 33.6 Å². The normalized spacial score (nSPS) is 16.0. The molecule has 13 nitrogen and oxygen atoms in total. The molecule has 2 aliphatic rings. The highest BCUT2D eigenvalue weighted by Crippen LogP contribution is 2.31. The van der Waals surface area contributed by atoms with Crippen LogP contribution in [-0.2, 0) is 39.9 Å². The highest BCUT2D eigenvalue weighted by molar-refractivity contribution is 6.34. The Morgan fingerprint density at radius 3 is 1.75 bits per heavy atom. The Morgan fingerprint density at radius 1 is 0.730 bits per heavy atom. The number of ketones is 1. The minimum atomic E-state index is -1.79. The predicted molar refractivity (Wildman–Crippen MR) is 243 cm³/mol. The molecule has 2 heterocycles. The summed E-state index contributed by atoms with van der Waals surface area (Å²) < 4.78 is 15.6. The van der Waals surface area contributed by atoms with Gasteiger partial charge in [0.25, 0.3) is 17.7 Å². The highest BCUT2D eigenvalue weighted by Gasteiger charge is 2.55. The van der Waals surface area contributed by atoms with Gasteiger partial charge in [0, 0.05) is 5.41 Å². The van der Waals surface area contributed by atoms with E-state index >= 15 is 0 Å². The number of unbranched alkanes of at least 4 members (excludes halogenated alkanes) is 13. The lowest BCUT2D eigenvalue weighted by molar-refractivity contribution is -0.145. The third kappa shape index (κ3) is 15.5. The molecule has 2 aromatic rings. The Bertz CT molecular complexity index is 1950. The maximum absolute atomic E-state index is 13.4. The lowest BCUT2D eigenvalue weighted by Crippen LogP contribution is -2.55. The number of Topliss-reactive ketones (excluding diaryl/α,β-unsaturated/α-hetero) is 1. The summed E-state index contributed by atoms with van der Waals surface area (Å²) in [7, 11) is 0. The molecular weight excluding hydrogens is 826 g/mol. The first-order valence-corrected chi connectivity index (χ1v) is 22.9. The number of halogens is 1. The van der Waals surface area contributed by atoms with E-state index in [1.54, 1.807) is 34.6 Å². The van der Waals surface area contributed by atoms with Crippen LogP contribution in [0.15, 0.2) is 36.4 Å². The van der Waals surface area contributed by atoms with E-state index < -0.39 is 58.4 Å². The average Bonchev–Trinajstić information content (AvgIpc) is 3.53. The molecule has 0 radical (unpaired) electrons. The largest absolute Gasteiger partial charge is 0.462 e. The standard InChI is InChI=1S/C35H53ClN2O7.C14H17NO3/c1-7-8-9-10-11-12-13-14-15-16-17-18-19-20-23-44-31(41)25-21-22-26(36)27(24-25)37-30(40)28(29(39)34(2,3)4)38-32(42)35(5,6)45-33(38)43;1-9-5-6-10(2)11(7-9)8-15-12(16)14(3,4)18-13(15)17/h21-22,24,28H,7-20,23H2,1-6H3,(H,37,40);5-7H,8H2,1-4H3. The number of nitrogens with zero attached hydrogens (tertiary/aromatic N) is 2. The van der Waals surface area contributed by atoms with Gasteiger partial charge < -0.3 is 19.5 Å². The molecule has 4 rings (SSSR count). The van der Waals surface area contributed by atoms with Crippen LogP contribution in [0.5, 0.6) is 0 Å². The number of carbonyl (C=O) groups excluding carboxylic acids is 7. The van der Waals surface area contributed by atoms with Crippen molar-refractivity contribution < 1.29 is 47.8 Å². The summed E-state index contributed by atoms with van der Waals surface area (Å²) in [6.45, 7) is 17.5. The molecule has 0 aliphatic carbocycles. The Hall–Kier alpha value is -4.78. The summed E-state index contributed by atoms with van der Waals surface area (Å²) in [5.41, 5.74) is -0.302. The second-order valence-corrected chi connectivity index (χ2v) is 19.1. The van der Waals surface area contributed by atoms with Crippen molar-refractivity contribution in [1.82, 2.24) is 9.80 Å². The van der Waals surface area contributed by atoms with Crippen LogP contribution in [0.4, 0.5) is 15.3 Å². The van der Waals surface area contributed by atoms with Crippen molar-refractivity contribution in [2.75, 3.05) is 11.9 Å². The molecule has 2 aromatic carbocycles. The summed E-state index contributed by atoms with van der Waals surface area (Å²) in [5, 5.41) is 2.63. The molecule has 2 saturated heterocycles. The minimum absolute atomic E-state index is 0.0404. The average molecular weight is 897 g/mol. The second kappa shape index (κ2) is 23.8. The van der Waals surface area contributed by atoms with E-state index in [4.69, 9.17) is 25.8 Å². The topological polar surface area (TPSA) is 166 Å². The fourth-order valence-electron chi connectivity index (χ4n) is 7.17. The van der Waals surface area contributed by atoms with Gasteiger partial charge in [-0.15, -0.1) is 0 Å². The van der Waals surface area contributed by atoms with Crippen molar-refractivity contribution >= 4 is 58.9 Å². The number of amides is 5. The predicted octanol–water partition coefficient (Wildman–Crippen LogP) is 11.2. The maximum atomic E-state index is 13.4. The summed E-state index contributed by atoms with van der Waals surface area (Å²) in [4.78, 5) is 90.4. The van der Waals surface area contributed by atoms with E-state index in [2.05, 4.69) is 12.2 Å². The van der Waals surface area contributed by atoms with Crippen LogP contribution >= 0.6 is 11.6 Å². The molecule has 0 saturated carbocycles. The lowest BCUT2D eigenvalue weighted by Gasteiger charge is -2.28. The van der Waals surface area contributed by atoms with Crippen LogP contribution < -0.4 is 5.32 Å². The SMILES string of the molecule is CCCCCCCCCCCCCCCCOC(=O)c1ccc(Cl)c(NC(=O)C(C(=O)C(C)(C)C)N2C(=O)OC(C)(C)C2=O)c1.Cc1ccc(C)c(CN2C(=O)OC(C)(C)C2=O)c1. The van der Waals surface area contributed by atoms with Crippen LogP contribution in [0.3, 0.4) is 0 Å². The van der Waals surface area contributed by atoms with Crippen LogP contribution in [-0.4, -0.2) is 75.3 Å². The number of rotatable bonds is 22. The van der Waals surface area contributed by atoms with Gasteiger partial charge in [0.05, 0.1) is 29.4 Å². The Labute approximate surface area is 379 Å². The number of esters is 1. The number of cyclic esters (lactones) is 2. The van der Waals surface area contributed by atoms with Crippen molar-refractivity contribution in [3.05, 3.63) is 63.7 Å². The Kier molecular flexibility index (Phi) is 19.8. The monoisotopic (exact) mass is 895 g/mol. The first kappa shape index (κ1) is 52.6. The number of hydrogen-bond donors (Lipinski definition) is 1. The molecule has 5 amide bonds. The molecule has 2 aliphatic heterocycles. The Morgan fingerprint density at radius 2 is 1.25 bits per heavy atom. The van der Waals surface area contributed by atoms with Gasteiger partial charge >= 0.3 is 18.2 Å². The molecule has 2 fully saturated rings. The van der Waals surface area contributed by atoms with Gasteiger partial charge in [0.2, 0.25) is 0 Å². The van der Waals surface area contributed by atoms with E-state index in [0.717, 1.165) is 36.0 Å². The quantitative estimate of drug-likeness (QED) is 0.0520. The van der Waals surface area contributed by atoms with Crippen molar-refractivity contribution in [2.45, 2.75) is 183 Å². The van der Waals surface area contributed by atoms with Gasteiger partial charge in [-0.1, -0.05) is 147 Å². The highest BCUT2D eigenvalue weighted by atomic mass is 35.5. The molecule has 0 aromatic heterocycles. The molecule has 1 atom stereocenters. The molecule has 0 spiro atoms. The summed E-state index contributed by atoms with van der Waals surface area (Å²) in [5.74, 6) is -3.28. The van der Waals surface area contributed by atoms with Gasteiger partial charge in [0.15, 0.2) is 23.0 Å². The Balaban J connectivity index is 0.000000484. The smallest absolute Gasteiger partial charge is 0.418 e. The first-order chi connectivity index (χ1) is 29.5. The summed E-state index contributed by atoms with van der Waals surface area (Å²) >= 11 is 6.30. The molecule has 14 heteroatoms. The third-order valence-electron chi connectivity index (χ3n) is 11.1. The fraction of sp³-hybridized carbons (Fsp3) is 0.612. The zero-order valence-electron chi connectivity index (χ0n) is 39.2. The molecule has 0 bridgehead atoms. The number of nitrogens with one attached hydrogen (secondary N) is 1. The van der Waals surface area contributed by atoms with E-state index in [-0.39, 0.29) is 35.3 Å². The third-order valence-corrected chi connectivity index (χ3v) is 11.4. The van der Waals surface area contributed by atoms with Crippen molar-refractivity contribution in [3.63, 3.8) is 0 Å². The van der Waals surface area contributed by atoms with Crippen molar-refractivity contribution in [1.29, 1.82) is 0 Å². The zero-order chi connectivity index (χ0) is 47.1. The van der Waals surface area contributed by atoms with E-state index in [0.29, 0.717) is 4.90 Å². The zero-order valence-corrected chi connectivity index (χ0v) is 40.0. The number of hydrogen-bond acceptors (Lipinski definition) is 10. The van der Waals surface area contributed by atoms with Crippen LogP contribution in [0.1, 0.15) is 172 Å². The minimum Gasteiger partial charge on any atom is -0.462 e.